The molecule has 5 nitrogen and oxygen atoms in total. The van der Waals surface area contributed by atoms with Crippen molar-refractivity contribution >= 4 is 19.6 Å². The van der Waals surface area contributed by atoms with Crippen LogP contribution in [0.5, 0.6) is 0 Å². The molecule has 0 aromatic heterocycles. The molecule has 0 amide bonds. The van der Waals surface area contributed by atoms with E-state index in [2.05, 4.69) is 55.5 Å². The smallest absolute Gasteiger partial charge is 0.297 e. The van der Waals surface area contributed by atoms with Crippen molar-refractivity contribution in [3.8, 4) is 0 Å². The van der Waals surface area contributed by atoms with Crippen molar-refractivity contribution in [3.05, 3.63) is 53.1 Å². The third-order valence-corrected chi connectivity index (χ3v) is 9.62. The van der Waals surface area contributed by atoms with Crippen LogP contribution in [0.2, 0.25) is 0 Å². The second-order valence-corrected chi connectivity index (χ2v) is 14.2. The van der Waals surface area contributed by atoms with Gasteiger partial charge in [0.15, 0.2) is 0 Å². The lowest BCUT2D eigenvalue weighted by molar-refractivity contribution is 0.0325. The van der Waals surface area contributed by atoms with Gasteiger partial charge in [0, 0.05) is 9.47 Å². The highest BCUT2D eigenvalue weighted by Crippen LogP contribution is 2.38. The molecule has 1 aromatic carbocycles. The van der Waals surface area contributed by atoms with Crippen LogP contribution in [0.1, 0.15) is 128 Å². The molecule has 5 atom stereocenters. The van der Waals surface area contributed by atoms with Gasteiger partial charge in [-0.15, -0.1) is 0 Å². The standard InChI is InChI=1S/C32H53O5PS/c1-20(2)24(9)16-28(13-14-31-25(10)17-27(36-31)12-11-15-35-38)37-39(33,34)32-29(22(5)6)18-26(21(3)4)19-30(32)23(7)8/h18-19,21-24,27-28,31H,1,10-17,38H2,2-9H3/t24-,27+,28-,31+/m1/s1. The van der Waals surface area contributed by atoms with Crippen LogP contribution in [-0.2, 0) is 23.6 Å². The fourth-order valence-electron chi connectivity index (χ4n) is 5.18. The molecular formula is C32H53O5PS. The van der Waals surface area contributed by atoms with Gasteiger partial charge in [-0.05, 0) is 91.4 Å². The fraction of sp³-hybridized carbons (Fsp3) is 0.688. The molecule has 1 heterocycles. The van der Waals surface area contributed by atoms with E-state index >= 15 is 0 Å². The Morgan fingerprint density at radius 1 is 1.05 bits per heavy atom. The quantitative estimate of drug-likeness (QED) is 0.0846. The monoisotopic (exact) mass is 580 g/mol. The topological polar surface area (TPSA) is 61.8 Å². The molecule has 0 N–H and O–H groups in total. The van der Waals surface area contributed by atoms with Crippen LogP contribution in [0.4, 0.5) is 0 Å². The lowest BCUT2D eigenvalue weighted by Gasteiger charge is -2.26. The van der Waals surface area contributed by atoms with Gasteiger partial charge in [-0.2, -0.15) is 8.42 Å². The molecule has 39 heavy (non-hydrogen) atoms. The Morgan fingerprint density at radius 3 is 2.13 bits per heavy atom. The summed E-state index contributed by atoms with van der Waals surface area (Å²) in [6.45, 7) is 25.6. The minimum absolute atomic E-state index is 0.0474. The van der Waals surface area contributed by atoms with E-state index in [9.17, 15) is 8.42 Å². The normalized spacial score (nSPS) is 19.8. The summed E-state index contributed by atoms with van der Waals surface area (Å²) in [6, 6.07) is 4.11. The van der Waals surface area contributed by atoms with E-state index < -0.39 is 16.2 Å². The number of allylic oxidation sites excluding steroid dienone is 1. The van der Waals surface area contributed by atoms with Crippen LogP contribution in [0.25, 0.3) is 0 Å². The minimum atomic E-state index is -4.02. The van der Waals surface area contributed by atoms with Crippen molar-refractivity contribution in [2.45, 2.75) is 135 Å². The second-order valence-electron chi connectivity index (χ2n) is 12.3. The average Bonchev–Trinajstić information content (AvgIpc) is 3.20. The molecule has 1 fully saturated rings. The first-order valence-electron chi connectivity index (χ1n) is 14.6. The number of hydrogen-bond acceptors (Lipinski definition) is 5. The first-order chi connectivity index (χ1) is 18.2. The molecule has 1 unspecified atom stereocenters. The number of hydrogen-bond donors (Lipinski definition) is 0. The summed E-state index contributed by atoms with van der Waals surface area (Å²) < 4.78 is 45.7. The van der Waals surface area contributed by atoms with Crippen molar-refractivity contribution in [2.75, 3.05) is 6.61 Å². The molecular weight excluding hydrogens is 527 g/mol. The molecule has 1 aromatic rings. The Labute approximate surface area is 241 Å². The highest BCUT2D eigenvalue weighted by Gasteiger charge is 2.33. The summed E-state index contributed by atoms with van der Waals surface area (Å²) in [5, 5.41) is 0. The fourth-order valence-corrected chi connectivity index (χ4v) is 7.14. The molecule has 0 spiro atoms. The third kappa shape index (κ3) is 9.78. The second kappa shape index (κ2) is 15.3. The number of ether oxygens (including phenoxy) is 1. The highest BCUT2D eigenvalue weighted by molar-refractivity contribution is 7.86. The summed E-state index contributed by atoms with van der Waals surface area (Å²) >= 11 is 0. The SMILES string of the molecule is C=C(C)[C@H](C)C[C@@H](CC[C@@H]1O[C@@H](CCCOP)CC1=C)OS(=O)(=O)c1c(C(C)C)cc(C(C)C)cc1C(C)C. The van der Waals surface area contributed by atoms with Gasteiger partial charge in [0.05, 0.1) is 24.9 Å². The molecule has 0 bridgehead atoms. The zero-order valence-electron chi connectivity index (χ0n) is 25.6. The van der Waals surface area contributed by atoms with Gasteiger partial charge < -0.3 is 9.26 Å². The molecule has 1 aliphatic heterocycles. The molecule has 1 aliphatic rings. The van der Waals surface area contributed by atoms with Crippen molar-refractivity contribution in [1.29, 1.82) is 0 Å². The van der Waals surface area contributed by atoms with Crippen LogP contribution in [0.15, 0.2) is 41.3 Å². The van der Waals surface area contributed by atoms with Crippen molar-refractivity contribution in [2.24, 2.45) is 5.92 Å². The van der Waals surface area contributed by atoms with E-state index in [-0.39, 0.29) is 30.0 Å². The Bertz CT molecular complexity index is 1050. The van der Waals surface area contributed by atoms with E-state index in [0.29, 0.717) is 36.7 Å². The van der Waals surface area contributed by atoms with Gasteiger partial charge in [0.2, 0.25) is 0 Å². The predicted molar refractivity (Wildman–Crippen MR) is 166 cm³/mol. The van der Waals surface area contributed by atoms with Crippen LogP contribution in [-0.4, -0.2) is 33.3 Å². The maximum Gasteiger partial charge on any atom is 0.297 e. The van der Waals surface area contributed by atoms with Crippen LogP contribution < -0.4 is 0 Å². The molecule has 7 heteroatoms. The predicted octanol–water partition coefficient (Wildman–Crippen LogP) is 8.81. The van der Waals surface area contributed by atoms with Gasteiger partial charge >= 0.3 is 0 Å². The molecule has 2 rings (SSSR count). The zero-order valence-corrected chi connectivity index (χ0v) is 27.6. The Balaban J connectivity index is 2.35. The lowest BCUT2D eigenvalue weighted by Crippen LogP contribution is -2.25. The van der Waals surface area contributed by atoms with Gasteiger partial charge in [-0.3, -0.25) is 4.18 Å². The molecule has 0 saturated carbocycles. The van der Waals surface area contributed by atoms with E-state index in [1.54, 1.807) is 0 Å². The first-order valence-corrected chi connectivity index (χ1v) is 16.5. The van der Waals surface area contributed by atoms with Crippen molar-refractivity contribution in [3.63, 3.8) is 0 Å². The zero-order chi connectivity index (χ0) is 29.5. The summed E-state index contributed by atoms with van der Waals surface area (Å²) in [6.07, 6.45) is 4.11. The third-order valence-electron chi connectivity index (χ3n) is 7.89. The summed E-state index contributed by atoms with van der Waals surface area (Å²) in [7, 11) is -1.73. The first kappa shape index (κ1) is 34.2. The van der Waals surface area contributed by atoms with E-state index in [1.807, 2.05) is 34.6 Å². The largest absolute Gasteiger partial charge is 0.370 e. The maximum atomic E-state index is 14.1. The van der Waals surface area contributed by atoms with Crippen molar-refractivity contribution in [1.82, 2.24) is 0 Å². The molecule has 1 saturated heterocycles. The van der Waals surface area contributed by atoms with Crippen LogP contribution >= 0.6 is 9.47 Å². The highest BCUT2D eigenvalue weighted by atomic mass is 32.2. The Kier molecular flexibility index (Phi) is 13.4. The molecule has 0 aliphatic carbocycles. The number of rotatable bonds is 16. The molecule has 0 radical (unpaired) electrons. The van der Waals surface area contributed by atoms with Crippen LogP contribution in [0.3, 0.4) is 0 Å². The van der Waals surface area contributed by atoms with E-state index in [1.165, 1.54) is 0 Å². The van der Waals surface area contributed by atoms with Crippen molar-refractivity contribution < 1.29 is 21.9 Å². The van der Waals surface area contributed by atoms with Gasteiger partial charge in [0.25, 0.3) is 10.1 Å². The van der Waals surface area contributed by atoms with E-state index in [0.717, 1.165) is 47.1 Å². The summed E-state index contributed by atoms with van der Waals surface area (Å²) in [5.41, 5.74) is 4.92. The van der Waals surface area contributed by atoms with Gasteiger partial charge in [-0.1, -0.05) is 79.3 Å². The maximum absolute atomic E-state index is 14.1. The minimum Gasteiger partial charge on any atom is -0.370 e. The molecule has 222 valence electrons. The average molecular weight is 581 g/mol. The summed E-state index contributed by atoms with van der Waals surface area (Å²) in [5.74, 6) is 0.533. The number of benzene rings is 1. The van der Waals surface area contributed by atoms with Gasteiger partial charge in [-0.25, -0.2) is 0 Å². The Hall–Kier alpha value is -1.04. The summed E-state index contributed by atoms with van der Waals surface area (Å²) in [4.78, 5) is 0.350. The Morgan fingerprint density at radius 2 is 1.64 bits per heavy atom. The van der Waals surface area contributed by atoms with Crippen LogP contribution in [0, 0.1) is 5.92 Å². The van der Waals surface area contributed by atoms with E-state index in [4.69, 9.17) is 13.4 Å². The van der Waals surface area contributed by atoms with Gasteiger partial charge in [0.1, 0.15) is 4.90 Å². The lowest BCUT2D eigenvalue weighted by atomic mass is 9.89.